The van der Waals surface area contributed by atoms with Crippen molar-refractivity contribution in [3.63, 3.8) is 0 Å². The molecule has 0 aliphatic rings. The van der Waals surface area contributed by atoms with Crippen molar-refractivity contribution in [1.82, 2.24) is 0 Å². The van der Waals surface area contributed by atoms with E-state index in [1.165, 1.54) is 0 Å². The molecule has 0 spiro atoms. The molecule has 68 valence electrons. The molecule has 11 heavy (non-hydrogen) atoms. The first-order valence-electron chi connectivity index (χ1n) is 3.98. The average molecular weight is 197 g/mol. The number of hydrogen-bond donors (Lipinski definition) is 0. The second kappa shape index (κ2) is 8.69. The van der Waals surface area contributed by atoms with E-state index in [4.69, 9.17) is 16.3 Å². The van der Waals surface area contributed by atoms with Crippen LogP contribution in [-0.4, -0.2) is 30.6 Å². The third-order valence-corrected chi connectivity index (χ3v) is 2.41. The van der Waals surface area contributed by atoms with Crippen molar-refractivity contribution in [3.8, 4) is 0 Å². The zero-order valence-corrected chi connectivity index (χ0v) is 8.88. The molecule has 0 aromatic heterocycles. The average Bonchev–Trinajstić information content (AvgIpc) is 1.96. The van der Waals surface area contributed by atoms with Gasteiger partial charge in [0.05, 0.1) is 6.61 Å². The number of halogens is 1. The van der Waals surface area contributed by atoms with Gasteiger partial charge in [0.25, 0.3) is 0 Å². The number of rotatable bonds is 7. The van der Waals surface area contributed by atoms with E-state index in [2.05, 4.69) is 13.8 Å². The summed E-state index contributed by atoms with van der Waals surface area (Å²) >= 11 is 7.35. The highest BCUT2D eigenvalue weighted by Crippen LogP contribution is 2.00. The molecule has 0 aromatic rings. The number of ether oxygens (including phenoxy) is 1. The second-order valence-electron chi connectivity index (χ2n) is 2.77. The Morgan fingerprint density at radius 3 is 2.64 bits per heavy atom. The van der Waals surface area contributed by atoms with Gasteiger partial charge in [0.1, 0.15) is 0 Å². The summed E-state index contributed by atoms with van der Waals surface area (Å²) in [4.78, 5) is 0. The molecular formula is C8H17ClOS. The first kappa shape index (κ1) is 11.6. The number of thioether (sulfide) groups is 1. The molecule has 0 aliphatic carbocycles. The summed E-state index contributed by atoms with van der Waals surface area (Å²) in [5, 5.41) is 0. The van der Waals surface area contributed by atoms with Crippen molar-refractivity contribution >= 4 is 23.4 Å². The first-order valence-corrected chi connectivity index (χ1v) is 5.67. The maximum absolute atomic E-state index is 5.50. The number of hydrogen-bond acceptors (Lipinski definition) is 2. The van der Waals surface area contributed by atoms with Gasteiger partial charge in [0.2, 0.25) is 0 Å². The fourth-order valence-electron chi connectivity index (χ4n) is 0.594. The zero-order chi connectivity index (χ0) is 8.53. The van der Waals surface area contributed by atoms with Crippen LogP contribution in [0.25, 0.3) is 0 Å². The van der Waals surface area contributed by atoms with E-state index in [1.54, 1.807) is 0 Å². The highest BCUT2D eigenvalue weighted by molar-refractivity contribution is 7.99. The zero-order valence-electron chi connectivity index (χ0n) is 7.31. The first-order chi connectivity index (χ1) is 5.27. The van der Waals surface area contributed by atoms with Crippen LogP contribution < -0.4 is 0 Å². The minimum Gasteiger partial charge on any atom is -0.380 e. The van der Waals surface area contributed by atoms with Crippen LogP contribution in [0.2, 0.25) is 0 Å². The van der Waals surface area contributed by atoms with Crippen LogP contribution in [0.3, 0.4) is 0 Å². The minimum absolute atomic E-state index is 0.646. The molecule has 0 saturated heterocycles. The van der Waals surface area contributed by atoms with Crippen LogP contribution in [0.15, 0.2) is 0 Å². The van der Waals surface area contributed by atoms with Gasteiger partial charge in [0.15, 0.2) is 0 Å². The van der Waals surface area contributed by atoms with Gasteiger partial charge >= 0.3 is 0 Å². The fraction of sp³-hybridized carbons (Fsp3) is 1.00. The summed E-state index contributed by atoms with van der Waals surface area (Å²) in [5.74, 6) is 3.49. The predicted molar refractivity (Wildman–Crippen MR) is 53.7 cm³/mol. The number of alkyl halides is 1. The van der Waals surface area contributed by atoms with Crippen LogP contribution in [0.5, 0.6) is 0 Å². The monoisotopic (exact) mass is 196 g/mol. The lowest BCUT2D eigenvalue weighted by atomic mass is 10.2. The van der Waals surface area contributed by atoms with E-state index in [-0.39, 0.29) is 0 Å². The lowest BCUT2D eigenvalue weighted by Crippen LogP contribution is -2.04. The molecule has 0 aromatic carbocycles. The fourth-order valence-corrected chi connectivity index (χ4v) is 1.47. The Morgan fingerprint density at radius 1 is 1.36 bits per heavy atom. The Kier molecular flexibility index (Phi) is 9.17. The topological polar surface area (TPSA) is 9.23 Å². The molecule has 0 N–H and O–H groups in total. The highest BCUT2D eigenvalue weighted by Gasteiger charge is 1.93. The summed E-state index contributed by atoms with van der Waals surface area (Å²) in [5.41, 5.74) is 0. The van der Waals surface area contributed by atoms with Crippen molar-refractivity contribution < 1.29 is 4.74 Å². The van der Waals surface area contributed by atoms with E-state index in [9.17, 15) is 0 Å². The van der Waals surface area contributed by atoms with E-state index >= 15 is 0 Å². The SMILES string of the molecule is CC(C)COCCSCCCl. The molecule has 0 bridgehead atoms. The van der Waals surface area contributed by atoms with Gasteiger partial charge in [-0.3, -0.25) is 0 Å². The Balaban J connectivity index is 2.80. The van der Waals surface area contributed by atoms with Crippen molar-refractivity contribution in [2.75, 3.05) is 30.6 Å². The Bertz CT molecular complexity index is 78.5. The van der Waals surface area contributed by atoms with Gasteiger partial charge in [-0.1, -0.05) is 13.8 Å². The van der Waals surface area contributed by atoms with Gasteiger partial charge in [-0.25, -0.2) is 0 Å². The molecular weight excluding hydrogens is 180 g/mol. The van der Waals surface area contributed by atoms with Crippen molar-refractivity contribution in [1.29, 1.82) is 0 Å². The van der Waals surface area contributed by atoms with Crippen LogP contribution >= 0.6 is 23.4 Å². The standard InChI is InChI=1S/C8H17ClOS/c1-8(2)7-10-4-6-11-5-3-9/h8H,3-7H2,1-2H3. The summed E-state index contributed by atoms with van der Waals surface area (Å²) in [6.07, 6.45) is 0. The van der Waals surface area contributed by atoms with Crippen molar-refractivity contribution in [2.24, 2.45) is 5.92 Å². The van der Waals surface area contributed by atoms with Crippen LogP contribution in [0, 0.1) is 5.92 Å². The van der Waals surface area contributed by atoms with E-state index in [0.717, 1.165) is 30.6 Å². The Labute approximate surface area is 78.8 Å². The largest absolute Gasteiger partial charge is 0.380 e. The Hall–Kier alpha value is 0.600. The van der Waals surface area contributed by atoms with Gasteiger partial charge in [-0.2, -0.15) is 11.8 Å². The molecule has 0 rings (SSSR count). The van der Waals surface area contributed by atoms with E-state index in [0.29, 0.717) is 5.92 Å². The quantitative estimate of drug-likeness (QED) is 0.458. The molecule has 0 aliphatic heterocycles. The molecule has 0 atom stereocenters. The molecule has 0 heterocycles. The smallest absolute Gasteiger partial charge is 0.0556 e. The molecule has 0 unspecified atom stereocenters. The van der Waals surface area contributed by atoms with Crippen LogP contribution in [0.1, 0.15) is 13.8 Å². The summed E-state index contributed by atoms with van der Waals surface area (Å²) in [6.45, 7) is 6.05. The van der Waals surface area contributed by atoms with Crippen LogP contribution in [-0.2, 0) is 4.74 Å². The summed E-state index contributed by atoms with van der Waals surface area (Å²) < 4.78 is 5.38. The third kappa shape index (κ3) is 10.6. The summed E-state index contributed by atoms with van der Waals surface area (Å²) in [7, 11) is 0. The van der Waals surface area contributed by atoms with E-state index < -0.39 is 0 Å². The maximum Gasteiger partial charge on any atom is 0.0556 e. The molecule has 0 radical (unpaired) electrons. The summed E-state index contributed by atoms with van der Waals surface area (Å²) in [6, 6.07) is 0. The lowest BCUT2D eigenvalue weighted by molar-refractivity contribution is 0.124. The van der Waals surface area contributed by atoms with Crippen LogP contribution in [0.4, 0.5) is 0 Å². The predicted octanol–water partition coefficient (Wildman–Crippen LogP) is 2.63. The lowest BCUT2D eigenvalue weighted by Gasteiger charge is -2.05. The highest BCUT2D eigenvalue weighted by atomic mass is 35.5. The van der Waals surface area contributed by atoms with Gasteiger partial charge in [-0.15, -0.1) is 11.6 Å². The van der Waals surface area contributed by atoms with Crippen molar-refractivity contribution in [3.05, 3.63) is 0 Å². The molecule has 1 nitrogen and oxygen atoms in total. The normalized spacial score (nSPS) is 10.9. The van der Waals surface area contributed by atoms with Gasteiger partial charge < -0.3 is 4.74 Å². The third-order valence-electron chi connectivity index (χ3n) is 1.04. The van der Waals surface area contributed by atoms with Gasteiger partial charge in [-0.05, 0) is 5.92 Å². The van der Waals surface area contributed by atoms with E-state index in [1.807, 2.05) is 11.8 Å². The molecule has 0 saturated carbocycles. The van der Waals surface area contributed by atoms with Gasteiger partial charge in [0, 0.05) is 24.0 Å². The molecule has 3 heteroatoms. The second-order valence-corrected chi connectivity index (χ2v) is 4.37. The molecule has 0 fully saturated rings. The van der Waals surface area contributed by atoms with Crippen molar-refractivity contribution in [2.45, 2.75) is 13.8 Å². The Morgan fingerprint density at radius 2 is 2.09 bits per heavy atom. The maximum atomic E-state index is 5.50. The minimum atomic E-state index is 0.646. The molecule has 0 amide bonds.